The molecule has 1 saturated carbocycles. The number of hydrogen-bond donors (Lipinski definition) is 3. The van der Waals surface area contributed by atoms with Gasteiger partial charge in [-0.3, -0.25) is 4.79 Å². The number of carbonyl (C=O) groups is 1. The Morgan fingerprint density at radius 2 is 1.69 bits per heavy atom. The van der Waals surface area contributed by atoms with Crippen LogP contribution in [-0.2, 0) is 0 Å². The van der Waals surface area contributed by atoms with Crippen LogP contribution in [0.2, 0.25) is 0 Å². The molecule has 0 bridgehead atoms. The van der Waals surface area contributed by atoms with E-state index in [0.29, 0.717) is 29.5 Å². The zero-order valence-corrected chi connectivity index (χ0v) is 24.3. The fourth-order valence-electron chi connectivity index (χ4n) is 4.77. The number of nitrogens with zero attached hydrogens (tertiary/aromatic N) is 5. The van der Waals surface area contributed by atoms with Gasteiger partial charge < -0.3 is 25.8 Å². The van der Waals surface area contributed by atoms with Crippen molar-refractivity contribution >= 4 is 40.8 Å². The number of carbonyl (C=O) groups excluding carboxylic acids is 1. The minimum atomic E-state index is -0.182. The summed E-state index contributed by atoms with van der Waals surface area (Å²) in [4.78, 5) is 31.4. The molecule has 1 heterocycles. The quantitative estimate of drug-likeness (QED) is 0.306. The summed E-state index contributed by atoms with van der Waals surface area (Å²) in [5.74, 6) is 1.44. The molecule has 1 aliphatic carbocycles. The van der Waals surface area contributed by atoms with E-state index in [4.69, 9.17) is 15.0 Å². The molecule has 208 valence electrons. The summed E-state index contributed by atoms with van der Waals surface area (Å²) in [6, 6.07) is 13.7. The summed E-state index contributed by atoms with van der Waals surface area (Å²) in [5.41, 5.74) is 4.14. The molecular weight excluding hydrogens is 488 g/mol. The molecular formula is C30H42N8O. The topological polar surface area (TPSA) is 98.3 Å². The summed E-state index contributed by atoms with van der Waals surface area (Å²) in [6.45, 7) is 9.37. The highest BCUT2D eigenvalue weighted by molar-refractivity contribution is 6.05. The highest BCUT2D eigenvalue weighted by Crippen LogP contribution is 2.26. The lowest BCUT2D eigenvalue weighted by molar-refractivity contribution is 0.102. The molecule has 1 aliphatic rings. The Balaban J connectivity index is 1.58. The van der Waals surface area contributed by atoms with E-state index in [1.54, 1.807) is 0 Å². The minimum Gasteiger partial charge on any atom is -0.378 e. The predicted molar refractivity (Wildman–Crippen MR) is 162 cm³/mol. The molecule has 2 aromatic carbocycles. The van der Waals surface area contributed by atoms with Crippen molar-refractivity contribution in [2.24, 2.45) is 5.41 Å². The number of hydrogen-bond acceptors (Lipinski definition) is 8. The van der Waals surface area contributed by atoms with Crippen molar-refractivity contribution < 1.29 is 4.79 Å². The Kier molecular flexibility index (Phi) is 8.57. The van der Waals surface area contributed by atoms with Crippen molar-refractivity contribution in [2.45, 2.75) is 59.4 Å². The molecule has 39 heavy (non-hydrogen) atoms. The maximum Gasteiger partial charge on any atom is 0.255 e. The van der Waals surface area contributed by atoms with Crippen LogP contribution in [0.25, 0.3) is 0 Å². The molecule has 3 N–H and O–H groups in total. The number of anilines is 6. The Hall–Kier alpha value is -3.88. The van der Waals surface area contributed by atoms with Crippen LogP contribution in [0, 0.1) is 12.3 Å². The van der Waals surface area contributed by atoms with Gasteiger partial charge in [0.15, 0.2) is 0 Å². The number of aryl methyl sites for hydroxylation is 1. The maximum absolute atomic E-state index is 13.1. The molecule has 0 radical (unpaired) electrons. The summed E-state index contributed by atoms with van der Waals surface area (Å²) in [6.07, 6.45) is 4.68. The first-order valence-electron chi connectivity index (χ1n) is 13.7. The second-order valence-electron chi connectivity index (χ2n) is 11.9. The summed E-state index contributed by atoms with van der Waals surface area (Å²) < 4.78 is 0. The number of aromatic nitrogens is 3. The van der Waals surface area contributed by atoms with Crippen LogP contribution in [0.3, 0.4) is 0 Å². The number of benzene rings is 2. The van der Waals surface area contributed by atoms with Crippen molar-refractivity contribution in [3.05, 3.63) is 53.6 Å². The van der Waals surface area contributed by atoms with Crippen molar-refractivity contribution in [3.8, 4) is 0 Å². The second kappa shape index (κ2) is 11.9. The molecule has 9 nitrogen and oxygen atoms in total. The normalized spacial score (nSPS) is 13.7. The lowest BCUT2D eigenvalue weighted by atomic mass is 9.96. The van der Waals surface area contributed by atoms with E-state index in [9.17, 15) is 4.79 Å². The predicted octanol–water partition coefficient (Wildman–Crippen LogP) is 6.08. The van der Waals surface area contributed by atoms with Crippen LogP contribution in [0.5, 0.6) is 0 Å². The summed E-state index contributed by atoms with van der Waals surface area (Å²) >= 11 is 0. The van der Waals surface area contributed by atoms with Crippen LogP contribution in [0.15, 0.2) is 42.5 Å². The van der Waals surface area contributed by atoms with E-state index in [2.05, 4.69) is 41.6 Å². The maximum atomic E-state index is 13.1. The van der Waals surface area contributed by atoms with Crippen molar-refractivity contribution in [1.29, 1.82) is 0 Å². The van der Waals surface area contributed by atoms with E-state index in [0.717, 1.165) is 42.0 Å². The summed E-state index contributed by atoms with van der Waals surface area (Å²) in [5, 5.41) is 9.88. The van der Waals surface area contributed by atoms with E-state index in [1.807, 2.05) is 75.4 Å². The molecule has 1 aromatic heterocycles. The lowest BCUT2D eigenvalue weighted by Crippen LogP contribution is -2.31. The Bertz CT molecular complexity index is 1290. The Morgan fingerprint density at radius 1 is 0.974 bits per heavy atom. The molecule has 9 heteroatoms. The fraction of sp³-hybridized carbons (Fsp3) is 0.467. The van der Waals surface area contributed by atoms with Crippen LogP contribution in [0.1, 0.15) is 62.4 Å². The third kappa shape index (κ3) is 7.81. The van der Waals surface area contributed by atoms with Crippen molar-refractivity contribution in [2.75, 3.05) is 53.4 Å². The first-order chi connectivity index (χ1) is 18.5. The van der Waals surface area contributed by atoms with Gasteiger partial charge in [-0.25, -0.2) is 0 Å². The zero-order chi connectivity index (χ0) is 28.2. The van der Waals surface area contributed by atoms with Gasteiger partial charge in [0.1, 0.15) is 0 Å². The van der Waals surface area contributed by atoms with Crippen molar-refractivity contribution in [1.82, 2.24) is 15.0 Å². The third-order valence-corrected chi connectivity index (χ3v) is 6.73. The van der Waals surface area contributed by atoms with Gasteiger partial charge in [0, 0.05) is 56.4 Å². The molecule has 0 saturated heterocycles. The van der Waals surface area contributed by atoms with Crippen LogP contribution in [0.4, 0.5) is 34.9 Å². The lowest BCUT2D eigenvalue weighted by Gasteiger charge is -2.27. The van der Waals surface area contributed by atoms with Gasteiger partial charge in [-0.15, -0.1) is 0 Å². The SMILES string of the molecule is Cc1ccc(C(=O)Nc2cccc(N(C)C)c2)cc1Nc1nc(NC2CCCC2)nc(N(C)CC(C)(C)C)n1. The van der Waals surface area contributed by atoms with Crippen LogP contribution >= 0.6 is 0 Å². The van der Waals surface area contributed by atoms with Gasteiger partial charge in [0.25, 0.3) is 5.91 Å². The first kappa shape index (κ1) is 28.1. The summed E-state index contributed by atoms with van der Waals surface area (Å²) in [7, 11) is 5.95. The number of amides is 1. The van der Waals surface area contributed by atoms with E-state index in [1.165, 1.54) is 12.8 Å². The van der Waals surface area contributed by atoms with Gasteiger partial charge in [-0.2, -0.15) is 15.0 Å². The Labute approximate surface area is 232 Å². The number of nitrogens with one attached hydrogen (secondary N) is 3. The van der Waals surface area contributed by atoms with Gasteiger partial charge in [0.2, 0.25) is 17.8 Å². The molecule has 4 rings (SSSR count). The molecule has 0 spiro atoms. The molecule has 1 fully saturated rings. The van der Waals surface area contributed by atoms with Gasteiger partial charge in [0.05, 0.1) is 0 Å². The molecule has 3 aromatic rings. The van der Waals surface area contributed by atoms with Crippen molar-refractivity contribution in [3.63, 3.8) is 0 Å². The molecule has 0 aliphatic heterocycles. The average molecular weight is 531 g/mol. The highest BCUT2D eigenvalue weighted by atomic mass is 16.1. The molecule has 0 unspecified atom stereocenters. The second-order valence-corrected chi connectivity index (χ2v) is 11.9. The largest absolute Gasteiger partial charge is 0.378 e. The fourth-order valence-corrected chi connectivity index (χ4v) is 4.77. The van der Waals surface area contributed by atoms with Gasteiger partial charge in [-0.1, -0.05) is 45.7 Å². The molecule has 1 amide bonds. The van der Waals surface area contributed by atoms with Gasteiger partial charge in [-0.05, 0) is 61.1 Å². The monoisotopic (exact) mass is 530 g/mol. The van der Waals surface area contributed by atoms with Crippen LogP contribution in [-0.4, -0.2) is 54.6 Å². The first-order valence-corrected chi connectivity index (χ1v) is 13.7. The van der Waals surface area contributed by atoms with Crippen LogP contribution < -0.4 is 25.8 Å². The van der Waals surface area contributed by atoms with Gasteiger partial charge >= 0.3 is 0 Å². The smallest absolute Gasteiger partial charge is 0.255 e. The standard InChI is InChI=1S/C30H42N8O/c1-20-15-16-21(26(39)31-23-13-10-14-24(18-23)37(5)6)17-25(20)33-28-34-27(32-22-11-8-9-12-22)35-29(36-28)38(7)19-30(2,3)4/h10,13-18,22H,8-9,11-12,19H2,1-7H3,(H,31,39)(H2,32,33,34,35,36). The minimum absolute atomic E-state index is 0.0817. The van der Waals surface area contributed by atoms with E-state index >= 15 is 0 Å². The highest BCUT2D eigenvalue weighted by Gasteiger charge is 2.21. The third-order valence-electron chi connectivity index (χ3n) is 6.73. The Morgan fingerprint density at radius 3 is 2.38 bits per heavy atom. The average Bonchev–Trinajstić information content (AvgIpc) is 3.37. The zero-order valence-electron chi connectivity index (χ0n) is 24.3. The van der Waals surface area contributed by atoms with E-state index in [-0.39, 0.29) is 11.3 Å². The number of rotatable bonds is 9. The van der Waals surface area contributed by atoms with E-state index < -0.39 is 0 Å². The molecule has 0 atom stereocenters.